The first-order valence-corrected chi connectivity index (χ1v) is 13.0. The first-order chi connectivity index (χ1) is 18.4. The highest BCUT2D eigenvalue weighted by Crippen LogP contribution is 2.27. The van der Waals surface area contributed by atoms with Gasteiger partial charge >= 0.3 is 5.97 Å². The number of hydrogen-bond donors (Lipinski definition) is 3. The standard InChI is InChI=1S/C30H38N2O6/c1-21(19-33)31-27(34)18-24-15-9-10-16-25(17-22-11-5-3-6-12-22)30(36)38-28(23-13-7-4-8-14-23)26(20-37-2)32-29(24)35/h3-14,21,24-26,28,33H,15-20H2,1-2H3,(H,31,34)(H,32,35)/t21-,24-,25+,26+,28+/m1/s1. The third kappa shape index (κ3) is 8.82. The van der Waals surface area contributed by atoms with E-state index in [9.17, 15) is 19.5 Å². The fourth-order valence-electron chi connectivity index (χ4n) is 4.50. The van der Waals surface area contributed by atoms with Crippen molar-refractivity contribution in [2.75, 3.05) is 20.3 Å². The van der Waals surface area contributed by atoms with Crippen molar-refractivity contribution in [1.82, 2.24) is 10.6 Å². The van der Waals surface area contributed by atoms with E-state index in [0.29, 0.717) is 19.3 Å². The monoisotopic (exact) mass is 522 g/mol. The summed E-state index contributed by atoms with van der Waals surface area (Å²) < 4.78 is 11.5. The van der Waals surface area contributed by atoms with Crippen molar-refractivity contribution < 1.29 is 29.0 Å². The first-order valence-electron chi connectivity index (χ1n) is 13.0. The third-order valence-corrected chi connectivity index (χ3v) is 6.56. The number of cyclic esters (lactones) is 1. The fraction of sp³-hybridized carbons (Fsp3) is 0.433. The molecule has 204 valence electrons. The van der Waals surface area contributed by atoms with Crippen LogP contribution in [0, 0.1) is 11.8 Å². The summed E-state index contributed by atoms with van der Waals surface area (Å²) >= 11 is 0. The highest BCUT2D eigenvalue weighted by Gasteiger charge is 2.33. The molecule has 2 aromatic rings. The molecule has 0 aliphatic carbocycles. The molecule has 1 aliphatic heterocycles. The van der Waals surface area contributed by atoms with Gasteiger partial charge in [0, 0.05) is 19.6 Å². The molecule has 0 saturated heterocycles. The molecule has 38 heavy (non-hydrogen) atoms. The van der Waals surface area contributed by atoms with Crippen LogP contribution in [0.4, 0.5) is 0 Å². The number of esters is 1. The van der Waals surface area contributed by atoms with Crippen molar-refractivity contribution in [2.45, 2.75) is 50.8 Å². The molecule has 0 aromatic heterocycles. The number of carbonyl (C=O) groups is 3. The van der Waals surface area contributed by atoms with Crippen LogP contribution in [-0.2, 0) is 30.3 Å². The number of carbonyl (C=O) groups excluding carboxylic acids is 3. The summed E-state index contributed by atoms with van der Waals surface area (Å²) in [5.41, 5.74) is 1.76. The molecule has 5 atom stereocenters. The van der Waals surface area contributed by atoms with Crippen LogP contribution in [0.5, 0.6) is 0 Å². The van der Waals surface area contributed by atoms with Gasteiger partial charge in [-0.05, 0) is 37.3 Å². The zero-order chi connectivity index (χ0) is 27.3. The smallest absolute Gasteiger partial charge is 0.310 e. The molecular formula is C30H38N2O6. The Morgan fingerprint density at radius 1 is 1.05 bits per heavy atom. The summed E-state index contributed by atoms with van der Waals surface area (Å²) in [5, 5.41) is 15.0. The van der Waals surface area contributed by atoms with E-state index in [2.05, 4.69) is 10.6 Å². The van der Waals surface area contributed by atoms with Crippen LogP contribution < -0.4 is 10.6 Å². The molecule has 0 bridgehead atoms. The van der Waals surface area contributed by atoms with E-state index >= 15 is 0 Å². The van der Waals surface area contributed by atoms with Crippen molar-refractivity contribution in [3.63, 3.8) is 0 Å². The van der Waals surface area contributed by atoms with Crippen LogP contribution in [0.3, 0.4) is 0 Å². The summed E-state index contributed by atoms with van der Waals surface area (Å²) in [7, 11) is 1.52. The SMILES string of the molecule is COC[C@@H]1NC(=O)[C@@H](CC(=O)N[C@H](C)CO)CC=CC[C@@H](Cc2ccccc2)C(=O)O[C@H]1c1ccccc1. The van der Waals surface area contributed by atoms with Gasteiger partial charge in [0.15, 0.2) is 0 Å². The maximum absolute atomic E-state index is 13.5. The molecule has 0 fully saturated rings. The average molecular weight is 523 g/mol. The minimum atomic E-state index is -0.779. The molecule has 0 unspecified atom stereocenters. The number of ether oxygens (including phenoxy) is 2. The van der Waals surface area contributed by atoms with Crippen molar-refractivity contribution in [3.05, 3.63) is 83.9 Å². The molecule has 2 aromatic carbocycles. The molecule has 8 nitrogen and oxygen atoms in total. The zero-order valence-corrected chi connectivity index (χ0v) is 22.0. The Bertz CT molecular complexity index is 1060. The quantitative estimate of drug-likeness (QED) is 0.345. The number of amides is 2. The third-order valence-electron chi connectivity index (χ3n) is 6.56. The Kier molecular flexibility index (Phi) is 11.5. The molecule has 0 radical (unpaired) electrons. The van der Waals surface area contributed by atoms with Crippen LogP contribution in [0.2, 0.25) is 0 Å². The maximum atomic E-state index is 13.5. The minimum Gasteiger partial charge on any atom is -0.455 e. The minimum absolute atomic E-state index is 0.0382. The van der Waals surface area contributed by atoms with Crippen molar-refractivity contribution in [2.24, 2.45) is 11.8 Å². The summed E-state index contributed by atoms with van der Waals surface area (Å²) in [6.07, 6.45) is 4.19. The van der Waals surface area contributed by atoms with Gasteiger partial charge in [0.05, 0.1) is 31.1 Å². The molecule has 1 heterocycles. The average Bonchev–Trinajstić information content (AvgIpc) is 2.92. The second-order valence-electron chi connectivity index (χ2n) is 9.72. The lowest BCUT2D eigenvalue weighted by Gasteiger charge is -2.31. The molecular weight excluding hydrogens is 484 g/mol. The fourth-order valence-corrected chi connectivity index (χ4v) is 4.50. The van der Waals surface area contributed by atoms with Gasteiger partial charge in [0.1, 0.15) is 6.10 Å². The molecule has 0 spiro atoms. The molecule has 8 heteroatoms. The van der Waals surface area contributed by atoms with Gasteiger partial charge in [-0.3, -0.25) is 14.4 Å². The Morgan fingerprint density at radius 2 is 1.68 bits per heavy atom. The van der Waals surface area contributed by atoms with E-state index in [0.717, 1.165) is 11.1 Å². The first kappa shape index (κ1) is 29.1. The zero-order valence-electron chi connectivity index (χ0n) is 22.0. The second kappa shape index (κ2) is 15.1. The lowest BCUT2D eigenvalue weighted by Crippen LogP contribution is -2.47. The largest absolute Gasteiger partial charge is 0.455 e. The lowest BCUT2D eigenvalue weighted by atomic mass is 9.93. The lowest BCUT2D eigenvalue weighted by molar-refractivity contribution is -0.158. The topological polar surface area (TPSA) is 114 Å². The predicted octanol–water partition coefficient (Wildman–Crippen LogP) is 3.11. The number of benzene rings is 2. The Morgan fingerprint density at radius 3 is 2.32 bits per heavy atom. The van der Waals surface area contributed by atoms with E-state index in [-0.39, 0.29) is 37.4 Å². The molecule has 3 N–H and O–H groups in total. The highest BCUT2D eigenvalue weighted by atomic mass is 16.5. The maximum Gasteiger partial charge on any atom is 0.310 e. The molecule has 3 rings (SSSR count). The summed E-state index contributed by atoms with van der Waals surface area (Å²) in [6.45, 7) is 1.61. The van der Waals surface area contributed by atoms with E-state index in [1.54, 1.807) is 6.92 Å². The Labute approximate surface area is 224 Å². The molecule has 1 aliphatic rings. The summed E-state index contributed by atoms with van der Waals surface area (Å²) in [6, 6.07) is 18.0. The van der Waals surface area contributed by atoms with Gasteiger partial charge in [0.25, 0.3) is 0 Å². The van der Waals surface area contributed by atoms with E-state index in [1.165, 1.54) is 7.11 Å². The van der Waals surface area contributed by atoms with Gasteiger partial charge in [-0.15, -0.1) is 0 Å². The van der Waals surface area contributed by atoms with E-state index in [4.69, 9.17) is 9.47 Å². The normalized spacial score (nSPS) is 23.3. The van der Waals surface area contributed by atoms with Gasteiger partial charge in [0.2, 0.25) is 11.8 Å². The molecule has 0 saturated carbocycles. The summed E-state index contributed by atoms with van der Waals surface area (Å²) in [5.74, 6) is -2.07. The van der Waals surface area contributed by atoms with Gasteiger partial charge in [-0.1, -0.05) is 72.8 Å². The Hall–Kier alpha value is -3.49. The number of aliphatic hydroxyl groups excluding tert-OH is 1. The molecule has 2 amide bonds. The predicted molar refractivity (Wildman–Crippen MR) is 144 cm³/mol. The van der Waals surface area contributed by atoms with Crippen LogP contribution in [0.15, 0.2) is 72.8 Å². The van der Waals surface area contributed by atoms with Crippen molar-refractivity contribution >= 4 is 17.8 Å². The number of aliphatic hydroxyl groups is 1. The van der Waals surface area contributed by atoms with Gasteiger partial charge < -0.3 is 25.2 Å². The van der Waals surface area contributed by atoms with Crippen molar-refractivity contribution in [3.8, 4) is 0 Å². The Balaban J connectivity index is 1.93. The number of allylic oxidation sites excluding steroid dienone is 2. The number of hydrogen-bond acceptors (Lipinski definition) is 6. The van der Waals surface area contributed by atoms with E-state index in [1.807, 2.05) is 72.8 Å². The summed E-state index contributed by atoms with van der Waals surface area (Å²) in [4.78, 5) is 39.5. The van der Waals surface area contributed by atoms with Crippen LogP contribution >= 0.6 is 0 Å². The van der Waals surface area contributed by atoms with E-state index < -0.39 is 30.0 Å². The van der Waals surface area contributed by atoms with Crippen LogP contribution in [0.1, 0.15) is 43.4 Å². The van der Waals surface area contributed by atoms with Crippen LogP contribution in [0.25, 0.3) is 0 Å². The van der Waals surface area contributed by atoms with Crippen molar-refractivity contribution in [1.29, 1.82) is 0 Å². The van der Waals surface area contributed by atoms with Crippen LogP contribution in [-0.4, -0.2) is 55.3 Å². The van der Waals surface area contributed by atoms with Gasteiger partial charge in [-0.25, -0.2) is 0 Å². The number of nitrogens with one attached hydrogen (secondary N) is 2. The highest BCUT2D eigenvalue weighted by molar-refractivity contribution is 5.86. The number of methoxy groups -OCH3 is 1. The second-order valence-corrected chi connectivity index (χ2v) is 9.72. The number of rotatable bonds is 9. The van der Waals surface area contributed by atoms with Gasteiger partial charge in [-0.2, -0.15) is 0 Å².